The van der Waals surface area contributed by atoms with Crippen LogP contribution in [0, 0.1) is 0 Å². The van der Waals surface area contributed by atoms with Crippen LogP contribution in [-0.2, 0) is 9.59 Å². The van der Waals surface area contributed by atoms with E-state index in [1.165, 1.54) is 6.42 Å². The molecule has 0 aliphatic carbocycles. The van der Waals surface area contributed by atoms with Gasteiger partial charge in [-0.3, -0.25) is 29.4 Å². The summed E-state index contributed by atoms with van der Waals surface area (Å²) in [6, 6.07) is 5.34. The average Bonchev–Trinajstić information content (AvgIpc) is 2.86. The number of carbonyl (C=O) groups is 4. The van der Waals surface area contributed by atoms with Crippen molar-refractivity contribution in [3.63, 3.8) is 0 Å². The number of rotatable bonds is 2. The van der Waals surface area contributed by atoms with Crippen LogP contribution >= 0.6 is 0 Å². The summed E-state index contributed by atoms with van der Waals surface area (Å²) >= 11 is 0. The van der Waals surface area contributed by atoms with E-state index in [2.05, 4.69) is 15.5 Å². The highest BCUT2D eigenvalue weighted by molar-refractivity contribution is 6.23. The molecule has 2 N–H and O–H groups in total. The fraction of sp³-hybridized carbons (Fsp3) is 0.444. The van der Waals surface area contributed by atoms with Gasteiger partial charge >= 0.3 is 0 Å². The van der Waals surface area contributed by atoms with Gasteiger partial charge in [0.2, 0.25) is 11.8 Å². The zero-order chi connectivity index (χ0) is 18.0. The Morgan fingerprint density at radius 1 is 0.962 bits per heavy atom. The van der Waals surface area contributed by atoms with Crippen LogP contribution in [0.5, 0.6) is 0 Å². The van der Waals surface area contributed by atoms with E-state index in [0.29, 0.717) is 23.2 Å². The van der Waals surface area contributed by atoms with Crippen LogP contribution in [0.15, 0.2) is 18.2 Å². The van der Waals surface area contributed by atoms with E-state index in [9.17, 15) is 19.2 Å². The quantitative estimate of drug-likeness (QED) is 0.704. The van der Waals surface area contributed by atoms with E-state index >= 15 is 0 Å². The third kappa shape index (κ3) is 2.18. The Hall–Kier alpha value is -2.74. The number of anilines is 1. The molecule has 3 unspecified atom stereocenters. The Labute approximate surface area is 149 Å². The Kier molecular flexibility index (Phi) is 3.21. The second-order valence-corrected chi connectivity index (χ2v) is 7.38. The molecule has 0 spiro atoms. The molecule has 3 atom stereocenters. The molecular weight excluding hydrogens is 336 g/mol. The number of fused-ring (bicyclic) bond motifs is 3. The van der Waals surface area contributed by atoms with Crippen molar-refractivity contribution in [2.75, 3.05) is 18.0 Å². The lowest BCUT2D eigenvalue weighted by Crippen LogP contribution is -2.67. The number of imide groups is 2. The summed E-state index contributed by atoms with van der Waals surface area (Å²) in [5, 5.41) is 5.67. The summed E-state index contributed by atoms with van der Waals surface area (Å²) in [6.45, 7) is 1.77. The van der Waals surface area contributed by atoms with Gasteiger partial charge in [0.05, 0.1) is 11.1 Å². The van der Waals surface area contributed by atoms with Crippen molar-refractivity contribution in [3.8, 4) is 0 Å². The van der Waals surface area contributed by atoms with E-state index in [1.54, 1.807) is 12.1 Å². The summed E-state index contributed by atoms with van der Waals surface area (Å²) in [7, 11) is 0. The van der Waals surface area contributed by atoms with Gasteiger partial charge in [0.1, 0.15) is 6.04 Å². The number of piperazine rings is 1. The standard InChI is InChI=1S/C18H18N4O4/c23-15-4-3-14(16(24)20-15)22-17(25)12-2-1-11(6-13(12)18(22)26)21-7-9-5-10(8-21)19-9/h1-2,6,9-10,14,19H,3-5,7-8H2,(H,20,23,24). The lowest BCUT2D eigenvalue weighted by molar-refractivity contribution is -0.136. The van der Waals surface area contributed by atoms with Gasteiger partial charge in [-0.2, -0.15) is 0 Å². The van der Waals surface area contributed by atoms with Crippen molar-refractivity contribution >= 4 is 29.3 Å². The predicted molar refractivity (Wildman–Crippen MR) is 90.7 cm³/mol. The van der Waals surface area contributed by atoms with Gasteiger partial charge in [0, 0.05) is 37.3 Å². The molecule has 26 heavy (non-hydrogen) atoms. The van der Waals surface area contributed by atoms with Gasteiger partial charge in [0.15, 0.2) is 0 Å². The van der Waals surface area contributed by atoms with Crippen molar-refractivity contribution < 1.29 is 19.2 Å². The highest BCUT2D eigenvalue weighted by Crippen LogP contribution is 2.32. The van der Waals surface area contributed by atoms with E-state index in [0.717, 1.165) is 23.7 Å². The molecule has 0 aromatic heterocycles. The molecule has 4 fully saturated rings. The fourth-order valence-corrected chi connectivity index (χ4v) is 4.38. The third-order valence-corrected chi connectivity index (χ3v) is 5.71. The van der Waals surface area contributed by atoms with Crippen molar-refractivity contribution in [3.05, 3.63) is 29.3 Å². The topological polar surface area (TPSA) is 98.8 Å². The van der Waals surface area contributed by atoms with Crippen LogP contribution in [0.3, 0.4) is 0 Å². The van der Waals surface area contributed by atoms with E-state index < -0.39 is 23.8 Å². The molecule has 8 heteroatoms. The molecular formula is C18H18N4O4. The lowest BCUT2D eigenvalue weighted by atomic mass is 9.91. The Bertz CT molecular complexity index is 851. The van der Waals surface area contributed by atoms with E-state index in [4.69, 9.17) is 0 Å². The maximum Gasteiger partial charge on any atom is 0.262 e. The monoisotopic (exact) mass is 354 g/mol. The second kappa shape index (κ2) is 5.38. The largest absolute Gasteiger partial charge is 0.368 e. The van der Waals surface area contributed by atoms with Crippen molar-refractivity contribution in [2.45, 2.75) is 37.4 Å². The molecule has 5 aliphatic rings. The number of benzene rings is 1. The van der Waals surface area contributed by atoms with Crippen molar-refractivity contribution in [1.82, 2.24) is 15.5 Å². The van der Waals surface area contributed by atoms with Gasteiger partial charge in [0.25, 0.3) is 11.8 Å². The Morgan fingerprint density at radius 2 is 1.65 bits per heavy atom. The van der Waals surface area contributed by atoms with Gasteiger partial charge in [-0.05, 0) is 31.0 Å². The molecule has 5 aliphatic heterocycles. The smallest absolute Gasteiger partial charge is 0.262 e. The van der Waals surface area contributed by atoms with Crippen molar-refractivity contribution in [2.24, 2.45) is 0 Å². The SMILES string of the molecule is O=C1CCC(N2C(=O)c3ccc(N4CC5CC(C4)N5)cc3C2=O)C(=O)N1. The van der Waals surface area contributed by atoms with Crippen LogP contribution in [-0.4, -0.2) is 59.7 Å². The number of piperidine rings is 2. The molecule has 0 saturated carbocycles. The molecule has 6 rings (SSSR count). The lowest BCUT2D eigenvalue weighted by Gasteiger charge is -2.49. The zero-order valence-corrected chi connectivity index (χ0v) is 14.0. The first-order valence-electron chi connectivity index (χ1n) is 8.88. The first-order chi connectivity index (χ1) is 12.5. The molecule has 1 aromatic carbocycles. The summed E-state index contributed by atoms with van der Waals surface area (Å²) in [4.78, 5) is 52.2. The molecule has 5 heterocycles. The molecule has 8 nitrogen and oxygen atoms in total. The number of hydrogen-bond donors (Lipinski definition) is 2. The van der Waals surface area contributed by atoms with Crippen molar-refractivity contribution in [1.29, 1.82) is 0 Å². The minimum absolute atomic E-state index is 0.124. The first kappa shape index (κ1) is 15.5. The molecule has 134 valence electrons. The Morgan fingerprint density at radius 3 is 2.35 bits per heavy atom. The van der Waals surface area contributed by atoms with Gasteiger partial charge in [-0.25, -0.2) is 0 Å². The summed E-state index contributed by atoms with van der Waals surface area (Å²) in [5.74, 6) is -1.88. The second-order valence-electron chi connectivity index (χ2n) is 7.38. The average molecular weight is 354 g/mol. The van der Waals surface area contributed by atoms with Crippen LogP contribution in [0.1, 0.15) is 40.0 Å². The maximum absolute atomic E-state index is 12.9. The fourth-order valence-electron chi connectivity index (χ4n) is 4.38. The summed E-state index contributed by atoms with van der Waals surface area (Å²) < 4.78 is 0. The minimum atomic E-state index is -0.921. The van der Waals surface area contributed by atoms with Crippen LogP contribution in [0.4, 0.5) is 5.69 Å². The predicted octanol–water partition coefficient (Wildman–Crippen LogP) is -0.362. The van der Waals surface area contributed by atoms with Crippen LogP contribution in [0.25, 0.3) is 0 Å². The third-order valence-electron chi connectivity index (χ3n) is 5.71. The van der Waals surface area contributed by atoms with E-state index in [1.807, 2.05) is 6.07 Å². The Balaban J connectivity index is 1.43. The van der Waals surface area contributed by atoms with Crippen LogP contribution < -0.4 is 15.5 Å². The number of hydrogen-bond acceptors (Lipinski definition) is 6. The number of nitrogens with one attached hydrogen (secondary N) is 2. The molecule has 4 amide bonds. The zero-order valence-electron chi connectivity index (χ0n) is 14.0. The number of carbonyl (C=O) groups excluding carboxylic acids is 4. The molecule has 0 radical (unpaired) electrons. The highest BCUT2D eigenvalue weighted by Gasteiger charge is 2.45. The minimum Gasteiger partial charge on any atom is -0.368 e. The first-order valence-corrected chi connectivity index (χ1v) is 8.88. The highest BCUT2D eigenvalue weighted by atomic mass is 16.2. The number of nitrogens with zero attached hydrogens (tertiary/aromatic N) is 2. The van der Waals surface area contributed by atoms with Gasteiger partial charge in [-0.15, -0.1) is 0 Å². The number of amides is 4. The molecule has 1 aromatic rings. The summed E-state index contributed by atoms with van der Waals surface area (Å²) in [6.07, 6.45) is 1.48. The normalized spacial score (nSPS) is 30.2. The maximum atomic E-state index is 12.9. The van der Waals surface area contributed by atoms with Crippen LogP contribution in [0.2, 0.25) is 0 Å². The molecule has 4 saturated heterocycles. The van der Waals surface area contributed by atoms with E-state index in [-0.39, 0.29) is 18.7 Å². The molecule has 2 bridgehead atoms. The van der Waals surface area contributed by atoms with Gasteiger partial charge in [-0.1, -0.05) is 0 Å². The van der Waals surface area contributed by atoms with Gasteiger partial charge < -0.3 is 10.2 Å². The summed E-state index contributed by atoms with van der Waals surface area (Å²) in [5.41, 5.74) is 1.58.